The highest BCUT2D eigenvalue weighted by Crippen LogP contribution is 2.25. The molecule has 1 fully saturated rings. The van der Waals surface area contributed by atoms with Gasteiger partial charge in [0, 0.05) is 23.7 Å². The summed E-state index contributed by atoms with van der Waals surface area (Å²) in [6, 6.07) is 11.3. The number of hydrogen-bond acceptors (Lipinski definition) is 5. The van der Waals surface area contributed by atoms with Gasteiger partial charge in [0.1, 0.15) is 5.58 Å². The minimum absolute atomic E-state index is 0.0248. The Morgan fingerprint density at radius 3 is 2.65 bits per heavy atom. The van der Waals surface area contributed by atoms with Crippen LogP contribution >= 0.6 is 11.6 Å². The molecule has 0 N–H and O–H groups in total. The predicted molar refractivity (Wildman–Crippen MR) is 120 cm³/mol. The third kappa shape index (κ3) is 4.38. The van der Waals surface area contributed by atoms with E-state index in [-0.39, 0.29) is 29.2 Å². The molecule has 1 saturated heterocycles. The van der Waals surface area contributed by atoms with E-state index in [2.05, 4.69) is 0 Å². The third-order valence-electron chi connectivity index (χ3n) is 5.78. The van der Waals surface area contributed by atoms with Crippen LogP contribution in [0.2, 0.25) is 5.02 Å². The summed E-state index contributed by atoms with van der Waals surface area (Å²) in [4.78, 5) is 27.6. The Morgan fingerprint density at radius 2 is 1.97 bits per heavy atom. The average Bonchev–Trinajstić information content (AvgIpc) is 3.08. The van der Waals surface area contributed by atoms with E-state index in [0.29, 0.717) is 22.4 Å². The fourth-order valence-electron chi connectivity index (χ4n) is 3.92. The fourth-order valence-corrected chi connectivity index (χ4v) is 5.86. The van der Waals surface area contributed by atoms with Gasteiger partial charge >= 0.3 is 0 Å². The molecule has 0 bridgehead atoms. The highest BCUT2D eigenvalue weighted by Gasteiger charge is 2.36. The first-order chi connectivity index (χ1) is 14.6. The Morgan fingerprint density at radius 1 is 1.19 bits per heavy atom. The molecular weight excluding hydrogens is 438 g/mol. The molecule has 1 aliphatic rings. The molecule has 2 aromatic carbocycles. The molecule has 162 valence electrons. The lowest BCUT2D eigenvalue weighted by Gasteiger charge is -2.28. The SMILES string of the molecule is Cc1ccc2c(=O)cc(C(=O)N(Cc3cccc(Cl)c3)C3CCS(=O)(=O)C3)oc2c1C. The first-order valence-electron chi connectivity index (χ1n) is 9.94. The van der Waals surface area contributed by atoms with Gasteiger partial charge in [0.05, 0.1) is 16.9 Å². The van der Waals surface area contributed by atoms with Gasteiger partial charge in [-0.3, -0.25) is 9.59 Å². The number of nitrogens with zero attached hydrogens (tertiary/aromatic N) is 1. The number of rotatable bonds is 4. The lowest BCUT2D eigenvalue weighted by Crippen LogP contribution is -2.41. The number of aryl methyl sites for hydroxylation is 2. The van der Waals surface area contributed by atoms with Gasteiger partial charge in [0.2, 0.25) is 0 Å². The van der Waals surface area contributed by atoms with Gasteiger partial charge in [0.15, 0.2) is 21.0 Å². The maximum atomic E-state index is 13.5. The molecule has 0 spiro atoms. The lowest BCUT2D eigenvalue weighted by molar-refractivity contribution is 0.0648. The summed E-state index contributed by atoms with van der Waals surface area (Å²) in [5.74, 6) is -0.703. The first kappa shape index (κ1) is 21.6. The van der Waals surface area contributed by atoms with Crippen LogP contribution in [-0.4, -0.2) is 36.8 Å². The summed E-state index contributed by atoms with van der Waals surface area (Å²) >= 11 is 6.09. The van der Waals surface area contributed by atoms with E-state index in [9.17, 15) is 18.0 Å². The van der Waals surface area contributed by atoms with Crippen molar-refractivity contribution in [2.75, 3.05) is 11.5 Å². The minimum atomic E-state index is -3.22. The molecule has 1 aromatic heterocycles. The molecule has 3 aromatic rings. The number of amides is 1. The molecule has 8 heteroatoms. The molecule has 1 unspecified atom stereocenters. The second-order valence-corrected chi connectivity index (χ2v) is 10.6. The minimum Gasteiger partial charge on any atom is -0.450 e. The zero-order valence-corrected chi connectivity index (χ0v) is 18.8. The van der Waals surface area contributed by atoms with E-state index in [1.54, 1.807) is 24.3 Å². The number of fused-ring (bicyclic) bond motifs is 1. The van der Waals surface area contributed by atoms with Gasteiger partial charge in [-0.2, -0.15) is 0 Å². The monoisotopic (exact) mass is 459 g/mol. The zero-order valence-electron chi connectivity index (χ0n) is 17.2. The van der Waals surface area contributed by atoms with Crippen LogP contribution in [0.1, 0.15) is 33.7 Å². The summed E-state index contributed by atoms with van der Waals surface area (Å²) in [5.41, 5.74) is 2.55. The third-order valence-corrected chi connectivity index (χ3v) is 7.76. The highest BCUT2D eigenvalue weighted by molar-refractivity contribution is 7.91. The predicted octanol–water partition coefficient (Wildman–Crippen LogP) is 3.89. The van der Waals surface area contributed by atoms with Crippen LogP contribution in [0, 0.1) is 13.8 Å². The molecule has 0 aliphatic carbocycles. The van der Waals surface area contributed by atoms with E-state index in [4.69, 9.17) is 16.0 Å². The summed E-state index contributed by atoms with van der Waals surface area (Å²) in [6.45, 7) is 3.90. The van der Waals surface area contributed by atoms with Crippen LogP contribution in [0.5, 0.6) is 0 Å². The van der Waals surface area contributed by atoms with Gasteiger partial charge in [-0.25, -0.2) is 8.42 Å². The standard InChI is InChI=1S/C23H22ClNO5S/c1-14-6-7-19-20(26)11-21(30-22(19)15(14)2)23(27)25(18-8-9-31(28,29)13-18)12-16-4-3-5-17(24)10-16/h3-7,10-11,18H,8-9,12-13H2,1-2H3. The van der Waals surface area contributed by atoms with Crippen molar-refractivity contribution in [3.63, 3.8) is 0 Å². The van der Waals surface area contributed by atoms with E-state index in [1.807, 2.05) is 26.0 Å². The number of carbonyl (C=O) groups is 1. The average molecular weight is 460 g/mol. The number of carbonyl (C=O) groups excluding carboxylic acids is 1. The highest BCUT2D eigenvalue weighted by atomic mass is 35.5. The number of hydrogen-bond donors (Lipinski definition) is 0. The number of halogens is 1. The summed E-state index contributed by atoms with van der Waals surface area (Å²) < 4.78 is 30.1. The Hall–Kier alpha value is -2.64. The van der Waals surface area contributed by atoms with E-state index in [0.717, 1.165) is 16.7 Å². The van der Waals surface area contributed by atoms with E-state index >= 15 is 0 Å². The Kier molecular flexibility index (Phi) is 5.66. The Balaban J connectivity index is 1.78. The van der Waals surface area contributed by atoms with Crippen LogP contribution in [0.25, 0.3) is 11.0 Å². The zero-order chi connectivity index (χ0) is 22.3. The van der Waals surface area contributed by atoms with Crippen molar-refractivity contribution in [1.82, 2.24) is 4.90 Å². The van der Waals surface area contributed by atoms with Crippen molar-refractivity contribution >= 4 is 38.3 Å². The van der Waals surface area contributed by atoms with Gasteiger partial charge in [0.25, 0.3) is 5.91 Å². The van der Waals surface area contributed by atoms with Crippen molar-refractivity contribution < 1.29 is 17.6 Å². The van der Waals surface area contributed by atoms with Crippen molar-refractivity contribution in [1.29, 1.82) is 0 Å². The van der Waals surface area contributed by atoms with Crippen LogP contribution in [0.4, 0.5) is 0 Å². The Bertz CT molecular complexity index is 1350. The summed E-state index contributed by atoms with van der Waals surface area (Å²) in [7, 11) is -3.22. The molecule has 1 atom stereocenters. The summed E-state index contributed by atoms with van der Waals surface area (Å²) in [6.07, 6.45) is 0.338. The van der Waals surface area contributed by atoms with Gasteiger partial charge in [-0.1, -0.05) is 29.8 Å². The molecule has 0 radical (unpaired) electrons. The second kappa shape index (κ2) is 8.13. The summed E-state index contributed by atoms with van der Waals surface area (Å²) in [5, 5.41) is 0.928. The van der Waals surface area contributed by atoms with E-state index < -0.39 is 21.8 Å². The largest absolute Gasteiger partial charge is 0.450 e. The van der Waals surface area contributed by atoms with Crippen molar-refractivity contribution in [2.24, 2.45) is 0 Å². The molecule has 6 nitrogen and oxygen atoms in total. The molecule has 2 heterocycles. The van der Waals surface area contributed by atoms with Crippen LogP contribution in [0.3, 0.4) is 0 Å². The van der Waals surface area contributed by atoms with Crippen LogP contribution in [0.15, 0.2) is 51.7 Å². The van der Waals surface area contributed by atoms with Crippen molar-refractivity contribution in [3.8, 4) is 0 Å². The molecular formula is C23H22ClNO5S. The molecule has 0 saturated carbocycles. The fraction of sp³-hybridized carbons (Fsp3) is 0.304. The normalized spacial score (nSPS) is 17.7. The second-order valence-electron chi connectivity index (χ2n) is 7.98. The molecule has 31 heavy (non-hydrogen) atoms. The van der Waals surface area contributed by atoms with Crippen molar-refractivity contribution in [2.45, 2.75) is 32.9 Å². The molecule has 1 aliphatic heterocycles. The van der Waals surface area contributed by atoms with Gasteiger partial charge in [-0.15, -0.1) is 0 Å². The topological polar surface area (TPSA) is 84.7 Å². The molecule has 4 rings (SSSR count). The molecule has 1 amide bonds. The number of sulfone groups is 1. The van der Waals surface area contributed by atoms with Gasteiger partial charge < -0.3 is 9.32 Å². The van der Waals surface area contributed by atoms with Crippen molar-refractivity contribution in [3.05, 3.63) is 80.2 Å². The van der Waals surface area contributed by atoms with Gasteiger partial charge in [-0.05, 0) is 55.2 Å². The lowest BCUT2D eigenvalue weighted by atomic mass is 10.1. The van der Waals surface area contributed by atoms with Crippen LogP contribution < -0.4 is 5.43 Å². The first-order valence-corrected chi connectivity index (χ1v) is 12.1. The van der Waals surface area contributed by atoms with E-state index in [1.165, 1.54) is 11.0 Å². The maximum Gasteiger partial charge on any atom is 0.290 e. The maximum absolute atomic E-state index is 13.5. The smallest absolute Gasteiger partial charge is 0.290 e. The Labute approximate surface area is 185 Å². The number of benzene rings is 2. The quantitative estimate of drug-likeness (QED) is 0.590. The van der Waals surface area contributed by atoms with Crippen LogP contribution in [-0.2, 0) is 16.4 Å².